The highest BCUT2D eigenvalue weighted by Crippen LogP contribution is 2.06. The average molecular weight is 182 g/mol. The Morgan fingerprint density at radius 3 is 2.62 bits per heavy atom. The fourth-order valence-electron chi connectivity index (χ4n) is 0.842. The molecular formula is C10H11FO2. The second-order valence-corrected chi connectivity index (χ2v) is 2.59. The molecule has 0 N–H and O–H groups in total. The van der Waals surface area contributed by atoms with Crippen molar-refractivity contribution in [2.45, 2.75) is 19.7 Å². The molecule has 0 saturated heterocycles. The summed E-state index contributed by atoms with van der Waals surface area (Å²) in [5.74, 6) is -0.616. The molecule has 0 aliphatic rings. The van der Waals surface area contributed by atoms with Gasteiger partial charge in [0.15, 0.2) is 0 Å². The SMILES string of the molecule is CCC(F)OC(=O)c1ccccc1. The van der Waals surface area contributed by atoms with Crippen molar-refractivity contribution >= 4 is 5.97 Å². The highest BCUT2D eigenvalue weighted by Gasteiger charge is 2.11. The largest absolute Gasteiger partial charge is 0.428 e. The Kier molecular flexibility index (Phi) is 3.43. The molecule has 13 heavy (non-hydrogen) atoms. The van der Waals surface area contributed by atoms with Gasteiger partial charge in [0, 0.05) is 6.42 Å². The molecule has 1 aromatic rings. The third-order valence-corrected chi connectivity index (χ3v) is 1.57. The van der Waals surface area contributed by atoms with E-state index in [1.807, 2.05) is 0 Å². The summed E-state index contributed by atoms with van der Waals surface area (Å²) in [5, 5.41) is 0. The molecule has 0 radical (unpaired) electrons. The first-order valence-corrected chi connectivity index (χ1v) is 4.14. The molecular weight excluding hydrogens is 171 g/mol. The van der Waals surface area contributed by atoms with Crippen molar-refractivity contribution in [3.05, 3.63) is 35.9 Å². The van der Waals surface area contributed by atoms with Crippen LogP contribution in [0.1, 0.15) is 23.7 Å². The second kappa shape index (κ2) is 4.60. The molecule has 1 unspecified atom stereocenters. The fourth-order valence-corrected chi connectivity index (χ4v) is 0.842. The Balaban J connectivity index is 2.59. The first-order valence-electron chi connectivity index (χ1n) is 4.14. The van der Waals surface area contributed by atoms with Crippen LogP contribution < -0.4 is 0 Å². The van der Waals surface area contributed by atoms with Gasteiger partial charge in [0.25, 0.3) is 0 Å². The molecule has 0 aliphatic carbocycles. The van der Waals surface area contributed by atoms with Gasteiger partial charge < -0.3 is 4.74 Å². The third kappa shape index (κ3) is 2.86. The van der Waals surface area contributed by atoms with Crippen molar-refractivity contribution in [3.63, 3.8) is 0 Å². The monoisotopic (exact) mass is 182 g/mol. The lowest BCUT2D eigenvalue weighted by molar-refractivity contribution is -0.0162. The van der Waals surface area contributed by atoms with Crippen molar-refractivity contribution in [1.82, 2.24) is 0 Å². The third-order valence-electron chi connectivity index (χ3n) is 1.57. The van der Waals surface area contributed by atoms with Gasteiger partial charge in [0.05, 0.1) is 5.56 Å². The molecule has 3 heteroatoms. The zero-order chi connectivity index (χ0) is 9.68. The van der Waals surface area contributed by atoms with Crippen LogP contribution in [0.15, 0.2) is 30.3 Å². The van der Waals surface area contributed by atoms with Gasteiger partial charge in [-0.2, -0.15) is 0 Å². The van der Waals surface area contributed by atoms with Gasteiger partial charge in [-0.15, -0.1) is 0 Å². The minimum atomic E-state index is -1.51. The highest BCUT2D eigenvalue weighted by atomic mass is 19.1. The van der Waals surface area contributed by atoms with Gasteiger partial charge in [-0.05, 0) is 12.1 Å². The van der Waals surface area contributed by atoms with Gasteiger partial charge in [0.2, 0.25) is 6.36 Å². The van der Waals surface area contributed by atoms with Crippen LogP contribution in [0.3, 0.4) is 0 Å². The number of ether oxygens (including phenoxy) is 1. The van der Waals surface area contributed by atoms with Crippen LogP contribution in [0.5, 0.6) is 0 Å². The molecule has 0 spiro atoms. The molecule has 0 aromatic heterocycles. The van der Waals surface area contributed by atoms with Gasteiger partial charge in [-0.1, -0.05) is 25.1 Å². The maximum Gasteiger partial charge on any atom is 0.340 e. The van der Waals surface area contributed by atoms with Crippen LogP contribution in [0.4, 0.5) is 4.39 Å². The number of benzene rings is 1. The van der Waals surface area contributed by atoms with E-state index in [2.05, 4.69) is 4.74 Å². The summed E-state index contributed by atoms with van der Waals surface area (Å²) in [5.41, 5.74) is 0.374. The molecule has 2 nitrogen and oxygen atoms in total. The summed E-state index contributed by atoms with van der Waals surface area (Å²) >= 11 is 0. The number of carbonyl (C=O) groups excluding carboxylic acids is 1. The first kappa shape index (κ1) is 9.71. The summed E-state index contributed by atoms with van der Waals surface area (Å²) in [7, 11) is 0. The van der Waals surface area contributed by atoms with Crippen molar-refractivity contribution in [2.75, 3.05) is 0 Å². The van der Waals surface area contributed by atoms with E-state index in [0.717, 1.165) is 0 Å². The van der Waals surface area contributed by atoms with E-state index in [4.69, 9.17) is 0 Å². The predicted octanol–water partition coefficient (Wildman–Crippen LogP) is 2.55. The van der Waals surface area contributed by atoms with Crippen molar-refractivity contribution < 1.29 is 13.9 Å². The molecule has 0 bridgehead atoms. The lowest BCUT2D eigenvalue weighted by atomic mass is 10.2. The van der Waals surface area contributed by atoms with E-state index in [-0.39, 0.29) is 6.42 Å². The number of rotatable bonds is 3. The van der Waals surface area contributed by atoms with Crippen LogP contribution in [-0.2, 0) is 4.74 Å². The fraction of sp³-hybridized carbons (Fsp3) is 0.300. The van der Waals surface area contributed by atoms with Crippen molar-refractivity contribution in [3.8, 4) is 0 Å². The van der Waals surface area contributed by atoms with Crippen LogP contribution in [0.25, 0.3) is 0 Å². The Bertz CT molecular complexity index is 272. The van der Waals surface area contributed by atoms with E-state index in [1.165, 1.54) is 0 Å². The molecule has 0 fully saturated rings. The average Bonchev–Trinajstić information content (AvgIpc) is 2.19. The zero-order valence-corrected chi connectivity index (χ0v) is 7.37. The number of esters is 1. The lowest BCUT2D eigenvalue weighted by Crippen LogP contribution is -2.12. The van der Waals surface area contributed by atoms with E-state index in [1.54, 1.807) is 37.3 Å². The minimum absolute atomic E-state index is 0.179. The van der Waals surface area contributed by atoms with E-state index in [0.29, 0.717) is 5.56 Å². The summed E-state index contributed by atoms with van der Waals surface area (Å²) < 4.78 is 17.1. The molecule has 1 atom stereocenters. The van der Waals surface area contributed by atoms with E-state index < -0.39 is 12.3 Å². The first-order chi connectivity index (χ1) is 6.24. The quantitative estimate of drug-likeness (QED) is 0.671. The Hall–Kier alpha value is -1.38. The van der Waals surface area contributed by atoms with Crippen LogP contribution in [-0.4, -0.2) is 12.3 Å². The maximum atomic E-state index is 12.6. The van der Waals surface area contributed by atoms with Crippen LogP contribution in [0.2, 0.25) is 0 Å². The molecule has 70 valence electrons. The van der Waals surface area contributed by atoms with Gasteiger partial charge in [0.1, 0.15) is 0 Å². The van der Waals surface area contributed by atoms with Gasteiger partial charge >= 0.3 is 5.97 Å². The van der Waals surface area contributed by atoms with Crippen molar-refractivity contribution in [1.29, 1.82) is 0 Å². The number of carbonyl (C=O) groups is 1. The predicted molar refractivity (Wildman–Crippen MR) is 47.0 cm³/mol. The molecule has 0 saturated carbocycles. The second-order valence-electron chi connectivity index (χ2n) is 2.59. The highest BCUT2D eigenvalue weighted by molar-refractivity contribution is 5.89. The summed E-state index contributed by atoms with van der Waals surface area (Å²) in [6, 6.07) is 8.37. The minimum Gasteiger partial charge on any atom is -0.428 e. The van der Waals surface area contributed by atoms with Crippen LogP contribution in [0, 0.1) is 0 Å². The van der Waals surface area contributed by atoms with Crippen molar-refractivity contribution in [2.24, 2.45) is 0 Å². The van der Waals surface area contributed by atoms with Gasteiger partial charge in [-0.3, -0.25) is 0 Å². The number of halogens is 1. The lowest BCUT2D eigenvalue weighted by Gasteiger charge is -2.06. The molecule has 1 aromatic carbocycles. The normalized spacial score (nSPS) is 12.2. The van der Waals surface area contributed by atoms with Gasteiger partial charge in [-0.25, -0.2) is 9.18 Å². The Morgan fingerprint density at radius 1 is 1.46 bits per heavy atom. The molecule has 0 aliphatic heterocycles. The standard InChI is InChI=1S/C10H11FO2/c1-2-9(11)13-10(12)8-6-4-3-5-7-8/h3-7,9H,2H2,1H3. The number of hydrogen-bond donors (Lipinski definition) is 0. The summed E-state index contributed by atoms with van der Waals surface area (Å²) in [4.78, 5) is 11.2. The Labute approximate surface area is 76.3 Å². The Morgan fingerprint density at radius 2 is 2.08 bits per heavy atom. The summed E-state index contributed by atoms with van der Waals surface area (Å²) in [6.07, 6.45) is -1.33. The molecule has 0 amide bonds. The molecule has 1 rings (SSSR count). The summed E-state index contributed by atoms with van der Waals surface area (Å²) in [6.45, 7) is 1.61. The smallest absolute Gasteiger partial charge is 0.340 e. The van der Waals surface area contributed by atoms with E-state index in [9.17, 15) is 9.18 Å². The molecule has 0 heterocycles. The zero-order valence-electron chi connectivity index (χ0n) is 7.37. The van der Waals surface area contributed by atoms with Crippen LogP contribution >= 0.6 is 0 Å². The van der Waals surface area contributed by atoms with E-state index >= 15 is 0 Å². The number of hydrogen-bond acceptors (Lipinski definition) is 2. The topological polar surface area (TPSA) is 26.3 Å². The number of alkyl halides is 1. The maximum absolute atomic E-state index is 12.6.